The van der Waals surface area contributed by atoms with E-state index >= 15 is 0 Å². The van der Waals surface area contributed by atoms with Crippen LogP contribution in [0, 0.1) is 0 Å². The van der Waals surface area contributed by atoms with Crippen LogP contribution in [0.2, 0.25) is 0 Å². The van der Waals surface area contributed by atoms with Gasteiger partial charge in [-0.25, -0.2) is 0 Å². The lowest BCUT2D eigenvalue weighted by molar-refractivity contribution is -0.0473. The third-order valence-corrected chi connectivity index (χ3v) is 5.97. The van der Waals surface area contributed by atoms with Crippen molar-refractivity contribution in [2.24, 2.45) is 0 Å². The maximum absolute atomic E-state index is 13.1. The molecule has 1 unspecified atom stereocenters. The average molecular weight is 399 g/mol. The number of amides is 1. The lowest BCUT2D eigenvalue weighted by atomic mass is 10.1. The highest BCUT2D eigenvalue weighted by Crippen LogP contribution is 2.26. The van der Waals surface area contributed by atoms with Crippen molar-refractivity contribution in [1.82, 2.24) is 9.80 Å². The SMILES string of the molecule is COc1ccccc1CN1CCOC(CN(C(=O)c2ccco2)C2CCCC2)C1. The first-order chi connectivity index (χ1) is 14.2. The Balaban J connectivity index is 1.42. The van der Waals surface area contributed by atoms with Crippen LogP contribution in [-0.4, -0.2) is 61.2 Å². The number of nitrogens with zero attached hydrogens (tertiary/aromatic N) is 2. The van der Waals surface area contributed by atoms with Gasteiger partial charge < -0.3 is 18.8 Å². The minimum absolute atomic E-state index is 0.00188. The second kappa shape index (κ2) is 9.46. The van der Waals surface area contributed by atoms with Crippen molar-refractivity contribution in [1.29, 1.82) is 0 Å². The first-order valence-electron chi connectivity index (χ1n) is 10.5. The zero-order chi connectivity index (χ0) is 20.1. The van der Waals surface area contributed by atoms with Crippen molar-refractivity contribution >= 4 is 5.91 Å². The van der Waals surface area contributed by atoms with Crippen LogP contribution in [0.1, 0.15) is 41.8 Å². The Hall–Kier alpha value is -2.31. The number of hydrogen-bond donors (Lipinski definition) is 0. The Kier molecular flexibility index (Phi) is 6.52. The fourth-order valence-corrected chi connectivity index (χ4v) is 4.48. The van der Waals surface area contributed by atoms with Gasteiger partial charge in [-0.2, -0.15) is 0 Å². The van der Waals surface area contributed by atoms with Crippen molar-refractivity contribution in [2.45, 2.75) is 44.4 Å². The number of rotatable bonds is 7. The molecule has 156 valence electrons. The lowest BCUT2D eigenvalue weighted by Gasteiger charge is -2.37. The molecule has 2 heterocycles. The molecule has 2 fully saturated rings. The highest BCUT2D eigenvalue weighted by molar-refractivity contribution is 5.91. The topological polar surface area (TPSA) is 55.2 Å². The predicted molar refractivity (Wildman–Crippen MR) is 110 cm³/mol. The van der Waals surface area contributed by atoms with Crippen LogP contribution in [0.3, 0.4) is 0 Å². The standard InChI is InChI=1S/C23H30N2O4/c1-27-21-10-5-2-7-18(21)15-24-12-14-28-20(16-24)17-25(19-8-3-4-9-19)23(26)22-11-6-13-29-22/h2,5-7,10-11,13,19-20H,3-4,8-9,12,14-17H2,1H3. The van der Waals surface area contributed by atoms with Crippen molar-refractivity contribution in [2.75, 3.05) is 33.4 Å². The Morgan fingerprint density at radius 1 is 1.21 bits per heavy atom. The first-order valence-corrected chi connectivity index (χ1v) is 10.5. The average Bonchev–Trinajstić information content (AvgIpc) is 3.46. The molecule has 1 saturated heterocycles. The van der Waals surface area contributed by atoms with Crippen LogP contribution >= 0.6 is 0 Å². The number of para-hydroxylation sites is 1. The van der Waals surface area contributed by atoms with E-state index in [4.69, 9.17) is 13.9 Å². The summed E-state index contributed by atoms with van der Waals surface area (Å²) in [4.78, 5) is 17.4. The normalized spacial score (nSPS) is 20.7. The maximum atomic E-state index is 13.1. The summed E-state index contributed by atoms with van der Waals surface area (Å²) in [6.45, 7) is 3.77. The molecule has 1 amide bonds. The van der Waals surface area contributed by atoms with Gasteiger partial charge in [-0.15, -0.1) is 0 Å². The van der Waals surface area contributed by atoms with Gasteiger partial charge in [0.2, 0.25) is 0 Å². The zero-order valence-electron chi connectivity index (χ0n) is 17.1. The van der Waals surface area contributed by atoms with Gasteiger partial charge >= 0.3 is 0 Å². The van der Waals surface area contributed by atoms with Gasteiger partial charge in [0.25, 0.3) is 5.91 Å². The fraction of sp³-hybridized carbons (Fsp3) is 0.522. The summed E-state index contributed by atoms with van der Waals surface area (Å²) in [5, 5.41) is 0. The molecule has 1 aliphatic heterocycles. The Morgan fingerprint density at radius 2 is 2.03 bits per heavy atom. The molecule has 0 N–H and O–H groups in total. The fourth-order valence-electron chi connectivity index (χ4n) is 4.48. The third-order valence-electron chi connectivity index (χ3n) is 5.97. The van der Waals surface area contributed by atoms with E-state index in [1.807, 2.05) is 23.1 Å². The predicted octanol–water partition coefficient (Wildman–Crippen LogP) is 3.57. The summed E-state index contributed by atoms with van der Waals surface area (Å²) in [5.41, 5.74) is 1.18. The van der Waals surface area contributed by atoms with E-state index in [1.54, 1.807) is 25.5 Å². The molecule has 2 aromatic rings. The molecular formula is C23H30N2O4. The van der Waals surface area contributed by atoms with Crippen molar-refractivity contribution in [3.63, 3.8) is 0 Å². The van der Waals surface area contributed by atoms with E-state index in [0.717, 1.165) is 38.2 Å². The molecule has 0 spiro atoms. The number of ether oxygens (including phenoxy) is 2. The largest absolute Gasteiger partial charge is 0.496 e. The smallest absolute Gasteiger partial charge is 0.289 e. The van der Waals surface area contributed by atoms with Gasteiger partial charge in [0.05, 0.1) is 26.1 Å². The molecule has 1 aromatic carbocycles. The molecule has 6 heteroatoms. The molecule has 29 heavy (non-hydrogen) atoms. The number of hydrogen-bond acceptors (Lipinski definition) is 5. The monoisotopic (exact) mass is 398 g/mol. The minimum atomic E-state index is -0.0210. The van der Waals surface area contributed by atoms with Gasteiger partial charge in [-0.05, 0) is 31.0 Å². The number of morpholine rings is 1. The quantitative estimate of drug-likeness (QED) is 0.714. The van der Waals surface area contributed by atoms with Crippen LogP contribution in [-0.2, 0) is 11.3 Å². The highest BCUT2D eigenvalue weighted by Gasteiger charge is 2.32. The second-order valence-electron chi connectivity index (χ2n) is 7.91. The summed E-state index contributed by atoms with van der Waals surface area (Å²) in [5.74, 6) is 1.31. The molecule has 6 nitrogen and oxygen atoms in total. The van der Waals surface area contributed by atoms with Gasteiger partial charge in [0.15, 0.2) is 5.76 Å². The Morgan fingerprint density at radius 3 is 2.79 bits per heavy atom. The molecule has 1 aliphatic carbocycles. The third kappa shape index (κ3) is 4.82. The highest BCUT2D eigenvalue weighted by atomic mass is 16.5. The second-order valence-corrected chi connectivity index (χ2v) is 7.91. The van der Waals surface area contributed by atoms with E-state index in [9.17, 15) is 4.79 Å². The Bertz CT molecular complexity index is 786. The molecule has 1 saturated carbocycles. The van der Waals surface area contributed by atoms with Crippen LogP contribution in [0.15, 0.2) is 47.1 Å². The van der Waals surface area contributed by atoms with Crippen LogP contribution < -0.4 is 4.74 Å². The number of carbonyl (C=O) groups is 1. The minimum Gasteiger partial charge on any atom is -0.496 e. The Labute approximate surface area is 172 Å². The van der Waals surface area contributed by atoms with E-state index in [2.05, 4.69) is 11.0 Å². The molecule has 0 radical (unpaired) electrons. The molecule has 1 aromatic heterocycles. The first kappa shape index (κ1) is 20.0. The zero-order valence-corrected chi connectivity index (χ0v) is 17.1. The van der Waals surface area contributed by atoms with E-state index < -0.39 is 0 Å². The maximum Gasteiger partial charge on any atom is 0.289 e. The summed E-state index contributed by atoms with van der Waals surface area (Å²) in [6.07, 6.45) is 6.04. The van der Waals surface area contributed by atoms with E-state index in [-0.39, 0.29) is 18.1 Å². The number of benzene rings is 1. The van der Waals surface area contributed by atoms with Crippen molar-refractivity contribution in [3.8, 4) is 5.75 Å². The van der Waals surface area contributed by atoms with Gasteiger partial charge in [0.1, 0.15) is 5.75 Å². The van der Waals surface area contributed by atoms with Crippen LogP contribution in [0.4, 0.5) is 0 Å². The van der Waals surface area contributed by atoms with Gasteiger partial charge in [-0.1, -0.05) is 31.0 Å². The van der Waals surface area contributed by atoms with E-state index in [0.29, 0.717) is 18.9 Å². The number of carbonyl (C=O) groups excluding carboxylic acids is 1. The molecule has 4 rings (SSSR count). The molecule has 1 atom stereocenters. The van der Waals surface area contributed by atoms with Crippen LogP contribution in [0.25, 0.3) is 0 Å². The molecular weight excluding hydrogens is 368 g/mol. The van der Waals surface area contributed by atoms with E-state index in [1.165, 1.54) is 18.4 Å². The lowest BCUT2D eigenvalue weighted by Crippen LogP contribution is -2.50. The summed E-state index contributed by atoms with van der Waals surface area (Å²) in [6, 6.07) is 11.9. The number of methoxy groups -OCH3 is 1. The summed E-state index contributed by atoms with van der Waals surface area (Å²) < 4.78 is 17.0. The van der Waals surface area contributed by atoms with Crippen molar-refractivity contribution in [3.05, 3.63) is 54.0 Å². The van der Waals surface area contributed by atoms with Crippen LogP contribution in [0.5, 0.6) is 5.75 Å². The van der Waals surface area contributed by atoms with Gasteiger partial charge in [0, 0.05) is 37.8 Å². The summed E-state index contributed by atoms with van der Waals surface area (Å²) in [7, 11) is 1.71. The van der Waals surface area contributed by atoms with Gasteiger partial charge in [-0.3, -0.25) is 9.69 Å². The van der Waals surface area contributed by atoms with Crippen molar-refractivity contribution < 1.29 is 18.7 Å². The molecule has 2 aliphatic rings. The molecule has 0 bridgehead atoms. The number of furan rings is 1. The summed E-state index contributed by atoms with van der Waals surface area (Å²) >= 11 is 0.